The quantitative estimate of drug-likeness (QED) is 0.771. The molecule has 2 aromatic carbocycles. The Bertz CT molecular complexity index is 846. The van der Waals surface area contributed by atoms with Crippen LogP contribution < -0.4 is 15.5 Å². The van der Waals surface area contributed by atoms with Gasteiger partial charge in [-0.05, 0) is 56.3 Å². The van der Waals surface area contributed by atoms with E-state index >= 15 is 0 Å². The van der Waals surface area contributed by atoms with Gasteiger partial charge >= 0.3 is 0 Å². The zero-order valence-electron chi connectivity index (χ0n) is 17.1. The van der Waals surface area contributed by atoms with Gasteiger partial charge < -0.3 is 20.4 Å². The van der Waals surface area contributed by atoms with E-state index in [9.17, 15) is 13.6 Å². The summed E-state index contributed by atoms with van der Waals surface area (Å²) in [5.74, 6) is -2.10. The molecule has 1 aliphatic rings. The van der Waals surface area contributed by atoms with Gasteiger partial charge in [-0.1, -0.05) is 13.0 Å². The zero-order valence-corrected chi connectivity index (χ0v) is 17.1. The highest BCUT2D eigenvalue weighted by atomic mass is 19.1. The molecule has 0 spiro atoms. The number of para-hydroxylation sites is 1. The standard InChI is InChI=1S/C22H28F2N4O/c1-4-27-10-12-28(13-11-27)17-8-9-20(15(2)14-17)25-16(3)22(29)26-21-18(23)6-5-7-19(21)24/h5-9,14,16,25H,4,10-13H2,1-3H3,(H,26,29). The first-order chi connectivity index (χ1) is 13.9. The summed E-state index contributed by atoms with van der Waals surface area (Å²) >= 11 is 0. The van der Waals surface area contributed by atoms with Crippen molar-refractivity contribution in [2.45, 2.75) is 26.8 Å². The third-order valence-corrected chi connectivity index (χ3v) is 5.37. The van der Waals surface area contributed by atoms with Crippen LogP contribution >= 0.6 is 0 Å². The molecular formula is C22H28F2N4O. The molecular weight excluding hydrogens is 374 g/mol. The number of piperazine rings is 1. The van der Waals surface area contributed by atoms with Crippen LogP contribution in [0.15, 0.2) is 36.4 Å². The molecule has 0 aliphatic carbocycles. The average molecular weight is 402 g/mol. The lowest BCUT2D eigenvalue weighted by atomic mass is 10.1. The number of halogens is 2. The van der Waals surface area contributed by atoms with Crippen LogP contribution in [0.3, 0.4) is 0 Å². The molecule has 0 saturated carbocycles. The minimum Gasteiger partial charge on any atom is -0.374 e. The Morgan fingerprint density at radius 1 is 1.10 bits per heavy atom. The van der Waals surface area contributed by atoms with Gasteiger partial charge in [0.1, 0.15) is 23.4 Å². The maximum absolute atomic E-state index is 13.8. The fourth-order valence-electron chi connectivity index (χ4n) is 3.48. The molecule has 0 aromatic heterocycles. The fraction of sp³-hybridized carbons (Fsp3) is 0.409. The summed E-state index contributed by atoms with van der Waals surface area (Å²) in [6, 6.07) is 8.91. The summed E-state index contributed by atoms with van der Waals surface area (Å²) in [5.41, 5.74) is 2.56. The van der Waals surface area contributed by atoms with Gasteiger partial charge in [0, 0.05) is 37.6 Å². The van der Waals surface area contributed by atoms with Gasteiger partial charge in [0.15, 0.2) is 0 Å². The number of likely N-dealkylation sites (N-methyl/N-ethyl adjacent to an activating group) is 1. The lowest BCUT2D eigenvalue weighted by Gasteiger charge is -2.35. The molecule has 1 fully saturated rings. The molecule has 0 bridgehead atoms. The van der Waals surface area contributed by atoms with Crippen LogP contribution in [0, 0.1) is 18.6 Å². The van der Waals surface area contributed by atoms with E-state index in [-0.39, 0.29) is 0 Å². The van der Waals surface area contributed by atoms with E-state index in [4.69, 9.17) is 0 Å². The normalized spacial score (nSPS) is 15.8. The second kappa shape index (κ2) is 9.22. The number of carbonyl (C=O) groups is 1. The van der Waals surface area contributed by atoms with Crippen LogP contribution in [-0.4, -0.2) is 49.6 Å². The topological polar surface area (TPSA) is 47.6 Å². The molecule has 7 heteroatoms. The van der Waals surface area contributed by atoms with Gasteiger partial charge in [-0.2, -0.15) is 0 Å². The molecule has 1 aliphatic heterocycles. The van der Waals surface area contributed by atoms with Crippen molar-refractivity contribution in [3.05, 3.63) is 53.6 Å². The second-order valence-corrected chi connectivity index (χ2v) is 7.37. The second-order valence-electron chi connectivity index (χ2n) is 7.37. The molecule has 1 unspecified atom stereocenters. The highest BCUT2D eigenvalue weighted by molar-refractivity contribution is 5.96. The van der Waals surface area contributed by atoms with Crippen LogP contribution in [0.5, 0.6) is 0 Å². The van der Waals surface area contributed by atoms with Crippen LogP contribution in [-0.2, 0) is 4.79 Å². The Morgan fingerprint density at radius 2 is 1.76 bits per heavy atom. The Morgan fingerprint density at radius 3 is 2.34 bits per heavy atom. The minimum absolute atomic E-state index is 0.426. The first-order valence-electron chi connectivity index (χ1n) is 9.98. The van der Waals surface area contributed by atoms with E-state index in [0.29, 0.717) is 0 Å². The van der Waals surface area contributed by atoms with E-state index in [2.05, 4.69) is 33.4 Å². The summed E-state index contributed by atoms with van der Waals surface area (Å²) < 4.78 is 27.5. The molecule has 1 saturated heterocycles. The number of nitrogens with one attached hydrogen (secondary N) is 2. The Kier molecular flexibility index (Phi) is 6.69. The van der Waals surface area contributed by atoms with Crippen molar-refractivity contribution < 1.29 is 13.6 Å². The van der Waals surface area contributed by atoms with Crippen molar-refractivity contribution in [3.63, 3.8) is 0 Å². The Labute approximate surface area is 170 Å². The Hall–Kier alpha value is -2.67. The van der Waals surface area contributed by atoms with Gasteiger partial charge in [-0.25, -0.2) is 8.78 Å². The number of aryl methyl sites for hydroxylation is 1. The van der Waals surface area contributed by atoms with Crippen LogP contribution in [0.1, 0.15) is 19.4 Å². The number of nitrogens with zero attached hydrogens (tertiary/aromatic N) is 2. The summed E-state index contributed by atoms with van der Waals surface area (Å²) in [4.78, 5) is 17.2. The van der Waals surface area contributed by atoms with Crippen LogP contribution in [0.2, 0.25) is 0 Å². The number of carbonyl (C=O) groups excluding carboxylic acids is 1. The lowest BCUT2D eigenvalue weighted by Crippen LogP contribution is -2.46. The largest absolute Gasteiger partial charge is 0.374 e. The predicted octanol–water partition coefficient (Wildman–Crippen LogP) is 3.85. The van der Waals surface area contributed by atoms with E-state index in [1.54, 1.807) is 6.92 Å². The zero-order chi connectivity index (χ0) is 21.0. The van der Waals surface area contributed by atoms with E-state index in [1.165, 1.54) is 6.07 Å². The highest BCUT2D eigenvalue weighted by Crippen LogP contribution is 2.25. The number of hydrogen-bond acceptors (Lipinski definition) is 4. The van der Waals surface area contributed by atoms with Gasteiger partial charge in [-0.15, -0.1) is 0 Å². The molecule has 156 valence electrons. The van der Waals surface area contributed by atoms with Crippen molar-refractivity contribution in [3.8, 4) is 0 Å². The van der Waals surface area contributed by atoms with E-state index < -0.39 is 29.3 Å². The molecule has 0 radical (unpaired) electrons. The lowest BCUT2D eigenvalue weighted by molar-refractivity contribution is -0.116. The van der Waals surface area contributed by atoms with Crippen LogP contribution in [0.25, 0.3) is 0 Å². The molecule has 3 rings (SSSR count). The number of amides is 1. The smallest absolute Gasteiger partial charge is 0.246 e. The first kappa shape index (κ1) is 21.0. The highest BCUT2D eigenvalue weighted by Gasteiger charge is 2.19. The molecule has 1 heterocycles. The first-order valence-corrected chi connectivity index (χ1v) is 9.98. The summed E-state index contributed by atoms with van der Waals surface area (Å²) in [6.07, 6.45) is 0. The van der Waals surface area contributed by atoms with Gasteiger partial charge in [-0.3, -0.25) is 4.79 Å². The summed E-state index contributed by atoms with van der Waals surface area (Å²) in [6.45, 7) is 11.0. The van der Waals surface area contributed by atoms with Crippen molar-refractivity contribution >= 4 is 23.0 Å². The number of anilines is 3. The molecule has 1 amide bonds. The van der Waals surface area contributed by atoms with Crippen molar-refractivity contribution in [1.82, 2.24) is 4.90 Å². The summed E-state index contributed by atoms with van der Waals surface area (Å²) in [7, 11) is 0. The number of benzene rings is 2. The molecule has 2 N–H and O–H groups in total. The van der Waals surface area contributed by atoms with E-state index in [1.807, 2.05) is 19.1 Å². The Balaban J connectivity index is 1.63. The SMILES string of the molecule is CCN1CCN(c2ccc(NC(C)C(=O)Nc3c(F)cccc3F)c(C)c2)CC1. The average Bonchev–Trinajstić information content (AvgIpc) is 2.72. The minimum atomic E-state index is -0.797. The summed E-state index contributed by atoms with van der Waals surface area (Å²) in [5, 5.41) is 5.46. The molecule has 2 aromatic rings. The van der Waals surface area contributed by atoms with Crippen molar-refractivity contribution in [2.24, 2.45) is 0 Å². The van der Waals surface area contributed by atoms with Gasteiger partial charge in [0.05, 0.1) is 0 Å². The third kappa shape index (κ3) is 5.03. The van der Waals surface area contributed by atoms with E-state index in [0.717, 1.165) is 61.8 Å². The number of hydrogen-bond donors (Lipinski definition) is 2. The van der Waals surface area contributed by atoms with Crippen LogP contribution in [0.4, 0.5) is 25.8 Å². The molecule has 29 heavy (non-hydrogen) atoms. The molecule has 1 atom stereocenters. The molecule has 5 nitrogen and oxygen atoms in total. The maximum Gasteiger partial charge on any atom is 0.246 e. The number of rotatable bonds is 6. The van der Waals surface area contributed by atoms with Crippen molar-refractivity contribution in [1.29, 1.82) is 0 Å². The van der Waals surface area contributed by atoms with Gasteiger partial charge in [0.25, 0.3) is 0 Å². The monoisotopic (exact) mass is 402 g/mol. The maximum atomic E-state index is 13.8. The van der Waals surface area contributed by atoms with Gasteiger partial charge in [0.2, 0.25) is 5.91 Å². The predicted molar refractivity (Wildman–Crippen MR) is 114 cm³/mol. The van der Waals surface area contributed by atoms with Crippen molar-refractivity contribution in [2.75, 3.05) is 48.3 Å². The third-order valence-electron chi connectivity index (χ3n) is 5.37. The fourth-order valence-corrected chi connectivity index (χ4v) is 3.48.